The molecule has 2 aromatic rings. The standard InChI is InChI=1S/C12H10N2O3/c15-11(12(16)17)7-9-6-10(14-13-9)8-4-2-1-3-5-8/h1-6H,7H2,(H,13,14)(H,16,17). The van der Waals surface area contributed by atoms with E-state index in [4.69, 9.17) is 5.11 Å². The first-order valence-corrected chi connectivity index (χ1v) is 5.02. The smallest absolute Gasteiger partial charge is 0.372 e. The Bertz CT molecular complexity index is 546. The van der Waals surface area contributed by atoms with Gasteiger partial charge in [-0.3, -0.25) is 9.89 Å². The van der Waals surface area contributed by atoms with Crippen LogP contribution in [0.15, 0.2) is 36.4 Å². The average Bonchev–Trinajstić information content (AvgIpc) is 2.78. The molecule has 0 unspecified atom stereocenters. The number of hydrogen-bond donors (Lipinski definition) is 2. The highest BCUT2D eigenvalue weighted by molar-refractivity contribution is 6.33. The molecule has 0 bridgehead atoms. The molecule has 1 heterocycles. The molecule has 17 heavy (non-hydrogen) atoms. The topological polar surface area (TPSA) is 83.0 Å². The molecule has 0 amide bonds. The third-order valence-corrected chi connectivity index (χ3v) is 2.29. The minimum Gasteiger partial charge on any atom is -0.475 e. The maximum atomic E-state index is 11.0. The summed E-state index contributed by atoms with van der Waals surface area (Å²) in [4.78, 5) is 21.4. The van der Waals surface area contributed by atoms with Crippen LogP contribution < -0.4 is 0 Å². The van der Waals surface area contributed by atoms with Crippen LogP contribution in [0.4, 0.5) is 0 Å². The number of rotatable bonds is 4. The number of benzene rings is 1. The minimum atomic E-state index is -1.43. The highest BCUT2D eigenvalue weighted by Crippen LogP contribution is 2.16. The lowest BCUT2D eigenvalue weighted by molar-refractivity contribution is -0.148. The molecule has 2 N–H and O–H groups in total. The van der Waals surface area contributed by atoms with Crippen molar-refractivity contribution in [2.45, 2.75) is 6.42 Å². The van der Waals surface area contributed by atoms with Crippen LogP contribution in [-0.4, -0.2) is 27.1 Å². The van der Waals surface area contributed by atoms with Crippen molar-refractivity contribution in [1.82, 2.24) is 10.2 Å². The van der Waals surface area contributed by atoms with Crippen LogP contribution in [0.25, 0.3) is 11.3 Å². The monoisotopic (exact) mass is 230 g/mol. The molecule has 0 fully saturated rings. The average molecular weight is 230 g/mol. The number of nitrogens with one attached hydrogen (secondary N) is 1. The Labute approximate surface area is 97.1 Å². The first kappa shape index (κ1) is 11.1. The van der Waals surface area contributed by atoms with Gasteiger partial charge in [0.05, 0.1) is 12.1 Å². The van der Waals surface area contributed by atoms with Crippen LogP contribution in [0.1, 0.15) is 5.69 Å². The molecule has 0 aliphatic heterocycles. The molecule has 0 saturated carbocycles. The minimum absolute atomic E-state index is 0.171. The summed E-state index contributed by atoms with van der Waals surface area (Å²) >= 11 is 0. The van der Waals surface area contributed by atoms with Crippen molar-refractivity contribution in [3.63, 3.8) is 0 Å². The van der Waals surface area contributed by atoms with Gasteiger partial charge in [0.1, 0.15) is 0 Å². The van der Waals surface area contributed by atoms with E-state index in [0.717, 1.165) is 5.56 Å². The summed E-state index contributed by atoms with van der Waals surface area (Å²) in [6.07, 6.45) is -0.171. The Balaban J connectivity index is 2.17. The first-order chi connectivity index (χ1) is 8.16. The fourth-order valence-electron chi connectivity index (χ4n) is 1.46. The lowest BCUT2D eigenvalue weighted by Gasteiger charge is -1.93. The molecule has 5 nitrogen and oxygen atoms in total. The summed E-state index contributed by atoms with van der Waals surface area (Å²) in [5, 5.41) is 15.2. The first-order valence-electron chi connectivity index (χ1n) is 5.02. The number of carbonyl (C=O) groups is 2. The van der Waals surface area contributed by atoms with Crippen molar-refractivity contribution in [2.24, 2.45) is 0 Å². The quantitative estimate of drug-likeness (QED) is 0.775. The van der Waals surface area contributed by atoms with Crippen LogP contribution in [0.2, 0.25) is 0 Å². The van der Waals surface area contributed by atoms with E-state index in [9.17, 15) is 9.59 Å². The maximum Gasteiger partial charge on any atom is 0.372 e. The number of Topliss-reactive ketones (excluding diaryl/α,β-unsaturated/α-hetero) is 1. The molecule has 1 aromatic heterocycles. The SMILES string of the molecule is O=C(O)C(=O)Cc1cc(-c2ccccc2)n[nH]1. The van der Waals surface area contributed by atoms with Crippen LogP contribution >= 0.6 is 0 Å². The van der Waals surface area contributed by atoms with Gasteiger partial charge in [0.15, 0.2) is 0 Å². The molecule has 0 radical (unpaired) electrons. The molecule has 0 saturated heterocycles. The van der Waals surface area contributed by atoms with Crippen molar-refractivity contribution in [2.75, 3.05) is 0 Å². The van der Waals surface area contributed by atoms with Crippen molar-refractivity contribution in [3.05, 3.63) is 42.1 Å². The van der Waals surface area contributed by atoms with Crippen molar-refractivity contribution < 1.29 is 14.7 Å². The summed E-state index contributed by atoms with van der Waals surface area (Å²) < 4.78 is 0. The number of carboxylic acids is 1. The predicted molar refractivity (Wildman–Crippen MR) is 60.4 cm³/mol. The van der Waals surface area contributed by atoms with Crippen LogP contribution in [0, 0.1) is 0 Å². The van der Waals surface area contributed by atoms with Gasteiger partial charge in [-0.05, 0) is 6.07 Å². The molecule has 0 spiro atoms. The molecule has 0 atom stereocenters. The van der Waals surface area contributed by atoms with Gasteiger partial charge in [-0.2, -0.15) is 5.10 Å². The number of aliphatic carboxylic acids is 1. The number of carboxylic acid groups (broad SMARTS) is 1. The third kappa shape index (κ3) is 2.57. The largest absolute Gasteiger partial charge is 0.475 e. The van der Waals surface area contributed by atoms with Gasteiger partial charge < -0.3 is 5.11 Å². The molecular weight excluding hydrogens is 220 g/mol. The Hall–Kier alpha value is -2.43. The zero-order valence-electron chi connectivity index (χ0n) is 8.88. The Morgan fingerprint density at radius 1 is 1.24 bits per heavy atom. The predicted octanol–water partition coefficient (Wildman–Crippen LogP) is 1.27. The van der Waals surface area contributed by atoms with E-state index in [0.29, 0.717) is 11.4 Å². The molecule has 1 aromatic carbocycles. The van der Waals surface area contributed by atoms with E-state index in [1.54, 1.807) is 6.07 Å². The summed E-state index contributed by atoms with van der Waals surface area (Å²) in [6.45, 7) is 0. The Morgan fingerprint density at radius 3 is 2.59 bits per heavy atom. The number of H-pyrrole nitrogens is 1. The second-order valence-corrected chi connectivity index (χ2v) is 3.55. The summed E-state index contributed by atoms with van der Waals surface area (Å²) in [5.41, 5.74) is 2.10. The molecule has 86 valence electrons. The highest BCUT2D eigenvalue weighted by atomic mass is 16.4. The molecule has 0 aliphatic carbocycles. The number of hydrogen-bond acceptors (Lipinski definition) is 3. The Morgan fingerprint density at radius 2 is 1.94 bits per heavy atom. The Kier molecular flexibility index (Phi) is 3.00. The maximum absolute atomic E-state index is 11.0. The van der Waals surface area contributed by atoms with Crippen LogP contribution in [0.5, 0.6) is 0 Å². The fraction of sp³-hybridized carbons (Fsp3) is 0.0833. The van der Waals surface area contributed by atoms with E-state index >= 15 is 0 Å². The summed E-state index contributed by atoms with van der Waals surface area (Å²) in [7, 11) is 0. The van der Waals surface area contributed by atoms with E-state index < -0.39 is 11.8 Å². The molecular formula is C12H10N2O3. The van der Waals surface area contributed by atoms with Gasteiger partial charge in [0.2, 0.25) is 5.78 Å². The van der Waals surface area contributed by atoms with E-state index in [2.05, 4.69) is 10.2 Å². The van der Waals surface area contributed by atoms with Gasteiger partial charge in [-0.25, -0.2) is 4.79 Å². The molecule has 5 heteroatoms. The number of aromatic amines is 1. The van der Waals surface area contributed by atoms with Crippen molar-refractivity contribution >= 4 is 11.8 Å². The van der Waals surface area contributed by atoms with Crippen LogP contribution in [0.3, 0.4) is 0 Å². The van der Waals surface area contributed by atoms with Gasteiger partial charge in [0, 0.05) is 11.3 Å². The van der Waals surface area contributed by atoms with Gasteiger partial charge in [-0.1, -0.05) is 30.3 Å². The number of nitrogens with zero attached hydrogens (tertiary/aromatic N) is 1. The highest BCUT2D eigenvalue weighted by Gasteiger charge is 2.14. The number of carbonyl (C=O) groups excluding carboxylic acids is 1. The van der Waals surface area contributed by atoms with Gasteiger partial charge in [0.25, 0.3) is 0 Å². The fourth-order valence-corrected chi connectivity index (χ4v) is 1.46. The molecule has 0 aliphatic rings. The second kappa shape index (κ2) is 4.61. The van der Waals surface area contributed by atoms with E-state index in [1.807, 2.05) is 30.3 Å². The lowest BCUT2D eigenvalue weighted by Crippen LogP contribution is -2.15. The van der Waals surface area contributed by atoms with E-state index in [1.165, 1.54) is 0 Å². The van der Waals surface area contributed by atoms with Gasteiger partial charge >= 0.3 is 5.97 Å². The summed E-state index contributed by atoms with van der Waals surface area (Å²) in [5.74, 6) is -2.28. The van der Waals surface area contributed by atoms with Crippen molar-refractivity contribution in [1.29, 1.82) is 0 Å². The third-order valence-electron chi connectivity index (χ3n) is 2.29. The van der Waals surface area contributed by atoms with E-state index in [-0.39, 0.29) is 6.42 Å². The van der Waals surface area contributed by atoms with Crippen LogP contribution in [-0.2, 0) is 16.0 Å². The van der Waals surface area contributed by atoms with Crippen molar-refractivity contribution in [3.8, 4) is 11.3 Å². The number of aromatic nitrogens is 2. The zero-order chi connectivity index (χ0) is 12.3. The molecule has 2 rings (SSSR count). The lowest BCUT2D eigenvalue weighted by atomic mass is 10.1. The van der Waals surface area contributed by atoms with Gasteiger partial charge in [-0.15, -0.1) is 0 Å². The number of ketones is 1. The second-order valence-electron chi connectivity index (χ2n) is 3.55. The summed E-state index contributed by atoms with van der Waals surface area (Å²) in [6, 6.07) is 11.1. The normalized spacial score (nSPS) is 10.1. The zero-order valence-corrected chi connectivity index (χ0v) is 8.88.